The lowest BCUT2D eigenvalue weighted by Crippen LogP contribution is -2.40. The van der Waals surface area contributed by atoms with Crippen molar-refractivity contribution in [1.82, 2.24) is 5.32 Å². The Bertz CT molecular complexity index is 517. The van der Waals surface area contributed by atoms with Crippen LogP contribution < -0.4 is 14.8 Å². The molecule has 4 nitrogen and oxygen atoms in total. The van der Waals surface area contributed by atoms with E-state index in [1.807, 2.05) is 12.1 Å². The van der Waals surface area contributed by atoms with E-state index in [9.17, 15) is 4.79 Å². The summed E-state index contributed by atoms with van der Waals surface area (Å²) >= 11 is 6.14. The van der Waals surface area contributed by atoms with Crippen LogP contribution in [0.1, 0.15) is 25.3 Å². The van der Waals surface area contributed by atoms with Gasteiger partial charge in [-0.15, -0.1) is 0 Å². The molecule has 3 rings (SSSR count). The molecular weight excluding hydrogens is 254 g/mol. The van der Waals surface area contributed by atoms with Crippen molar-refractivity contribution in [2.75, 3.05) is 6.79 Å². The largest absolute Gasteiger partial charge is 0.454 e. The van der Waals surface area contributed by atoms with Crippen LogP contribution in [0.25, 0.3) is 0 Å². The molecule has 0 radical (unpaired) electrons. The molecule has 5 heteroatoms. The minimum Gasteiger partial charge on any atom is -0.454 e. The third-order valence-electron chi connectivity index (χ3n) is 3.43. The standard InChI is InChI=1S/C13H14ClNO3/c1-13(3-2-11(16)15-13)6-8-4-9(14)12-10(5-8)17-7-18-12/h4-5H,2-3,6-7H2,1H3,(H,15,16). The number of hydrogen-bond acceptors (Lipinski definition) is 3. The van der Waals surface area contributed by atoms with Gasteiger partial charge in [0.25, 0.3) is 0 Å². The Morgan fingerprint density at radius 3 is 3.00 bits per heavy atom. The molecule has 1 amide bonds. The molecule has 1 fully saturated rings. The van der Waals surface area contributed by atoms with Gasteiger partial charge in [-0.1, -0.05) is 11.6 Å². The number of benzene rings is 1. The molecule has 0 spiro atoms. The van der Waals surface area contributed by atoms with Crippen LogP contribution in [0.5, 0.6) is 11.5 Å². The third-order valence-corrected chi connectivity index (χ3v) is 3.71. The normalized spacial score (nSPS) is 25.3. The van der Waals surface area contributed by atoms with Crippen molar-refractivity contribution in [1.29, 1.82) is 0 Å². The zero-order valence-electron chi connectivity index (χ0n) is 10.1. The summed E-state index contributed by atoms with van der Waals surface area (Å²) in [6.07, 6.45) is 2.18. The number of nitrogens with one attached hydrogen (secondary N) is 1. The van der Waals surface area contributed by atoms with E-state index in [1.165, 1.54) is 0 Å². The van der Waals surface area contributed by atoms with Gasteiger partial charge >= 0.3 is 0 Å². The summed E-state index contributed by atoms with van der Waals surface area (Å²) in [7, 11) is 0. The molecule has 1 saturated heterocycles. The maximum absolute atomic E-state index is 11.3. The molecule has 2 aliphatic rings. The summed E-state index contributed by atoms with van der Waals surface area (Å²) in [6, 6.07) is 3.81. The van der Waals surface area contributed by atoms with Crippen molar-refractivity contribution in [3.8, 4) is 11.5 Å². The second-order valence-electron chi connectivity index (χ2n) is 5.10. The highest BCUT2D eigenvalue weighted by Crippen LogP contribution is 2.40. The average Bonchev–Trinajstić information content (AvgIpc) is 2.86. The van der Waals surface area contributed by atoms with Gasteiger partial charge in [-0.25, -0.2) is 0 Å². The van der Waals surface area contributed by atoms with Crippen molar-refractivity contribution in [3.63, 3.8) is 0 Å². The van der Waals surface area contributed by atoms with Gasteiger partial charge < -0.3 is 14.8 Å². The van der Waals surface area contributed by atoms with E-state index in [2.05, 4.69) is 12.2 Å². The van der Waals surface area contributed by atoms with E-state index in [0.29, 0.717) is 22.9 Å². The molecule has 0 aliphatic carbocycles. The Balaban J connectivity index is 1.85. The second kappa shape index (κ2) is 4.05. The molecule has 0 bridgehead atoms. The van der Waals surface area contributed by atoms with Crippen LogP contribution in [-0.2, 0) is 11.2 Å². The number of carbonyl (C=O) groups is 1. The van der Waals surface area contributed by atoms with Gasteiger partial charge in [-0.3, -0.25) is 4.79 Å². The zero-order chi connectivity index (χ0) is 12.8. The third kappa shape index (κ3) is 2.01. The van der Waals surface area contributed by atoms with Gasteiger partial charge in [-0.2, -0.15) is 0 Å². The van der Waals surface area contributed by atoms with Crippen molar-refractivity contribution in [2.24, 2.45) is 0 Å². The maximum Gasteiger partial charge on any atom is 0.231 e. The molecule has 0 saturated carbocycles. The first-order valence-corrected chi connectivity index (χ1v) is 6.33. The number of ether oxygens (including phenoxy) is 2. The summed E-state index contributed by atoms with van der Waals surface area (Å²) in [5.41, 5.74) is 0.864. The summed E-state index contributed by atoms with van der Waals surface area (Å²) in [6.45, 7) is 2.27. The van der Waals surface area contributed by atoms with Crippen molar-refractivity contribution in [3.05, 3.63) is 22.7 Å². The molecule has 96 valence electrons. The number of carbonyl (C=O) groups excluding carboxylic acids is 1. The lowest BCUT2D eigenvalue weighted by molar-refractivity contribution is -0.119. The highest BCUT2D eigenvalue weighted by molar-refractivity contribution is 6.32. The fraction of sp³-hybridized carbons (Fsp3) is 0.462. The van der Waals surface area contributed by atoms with Crippen LogP contribution >= 0.6 is 11.6 Å². The molecule has 1 N–H and O–H groups in total. The minimum absolute atomic E-state index is 0.115. The van der Waals surface area contributed by atoms with Gasteiger partial charge in [0, 0.05) is 12.0 Å². The van der Waals surface area contributed by atoms with Crippen LogP contribution in [0.4, 0.5) is 0 Å². The Hall–Kier alpha value is -1.42. The topological polar surface area (TPSA) is 47.6 Å². The predicted octanol–water partition coefficient (Wildman–Crippen LogP) is 2.28. The zero-order valence-corrected chi connectivity index (χ0v) is 10.8. The highest BCUT2D eigenvalue weighted by Gasteiger charge is 2.33. The van der Waals surface area contributed by atoms with Crippen LogP contribution in [-0.4, -0.2) is 18.2 Å². The van der Waals surface area contributed by atoms with Gasteiger partial charge in [-0.05, 0) is 37.5 Å². The van der Waals surface area contributed by atoms with E-state index >= 15 is 0 Å². The van der Waals surface area contributed by atoms with Crippen molar-refractivity contribution < 1.29 is 14.3 Å². The molecule has 18 heavy (non-hydrogen) atoms. The van der Waals surface area contributed by atoms with E-state index < -0.39 is 0 Å². The number of halogens is 1. The minimum atomic E-state index is -0.186. The molecule has 2 heterocycles. The molecule has 1 aromatic rings. The summed E-state index contributed by atoms with van der Waals surface area (Å²) < 4.78 is 10.6. The van der Waals surface area contributed by atoms with Crippen LogP contribution in [0, 0.1) is 0 Å². The predicted molar refractivity (Wildman–Crippen MR) is 67.1 cm³/mol. The molecule has 1 unspecified atom stereocenters. The van der Waals surface area contributed by atoms with E-state index in [-0.39, 0.29) is 18.2 Å². The number of amides is 1. The van der Waals surface area contributed by atoms with Gasteiger partial charge in [0.2, 0.25) is 12.7 Å². The molecule has 1 atom stereocenters. The second-order valence-corrected chi connectivity index (χ2v) is 5.50. The SMILES string of the molecule is CC1(Cc2cc(Cl)c3c(c2)OCO3)CCC(=O)N1. The van der Waals surface area contributed by atoms with E-state index in [4.69, 9.17) is 21.1 Å². The molecule has 0 aromatic heterocycles. The number of rotatable bonds is 2. The smallest absolute Gasteiger partial charge is 0.231 e. The Morgan fingerprint density at radius 2 is 2.28 bits per heavy atom. The molecule has 1 aromatic carbocycles. The van der Waals surface area contributed by atoms with E-state index in [0.717, 1.165) is 18.4 Å². The quantitative estimate of drug-likeness (QED) is 0.894. The monoisotopic (exact) mass is 267 g/mol. The number of fused-ring (bicyclic) bond motifs is 1. The first-order valence-electron chi connectivity index (χ1n) is 5.95. The van der Waals surface area contributed by atoms with Gasteiger partial charge in [0.15, 0.2) is 11.5 Å². The summed E-state index contributed by atoms with van der Waals surface area (Å²) in [4.78, 5) is 11.3. The Labute approximate surface area is 110 Å². The Morgan fingerprint density at radius 1 is 1.44 bits per heavy atom. The average molecular weight is 268 g/mol. The summed E-state index contributed by atoms with van der Waals surface area (Å²) in [5.74, 6) is 1.41. The Kier molecular flexibility index (Phi) is 2.63. The fourth-order valence-electron chi connectivity index (χ4n) is 2.56. The van der Waals surface area contributed by atoms with Crippen molar-refractivity contribution >= 4 is 17.5 Å². The molecular formula is C13H14ClNO3. The first-order chi connectivity index (χ1) is 8.56. The highest BCUT2D eigenvalue weighted by atomic mass is 35.5. The molecule has 2 aliphatic heterocycles. The van der Waals surface area contributed by atoms with Crippen LogP contribution in [0.2, 0.25) is 5.02 Å². The van der Waals surface area contributed by atoms with Gasteiger partial charge in [0.05, 0.1) is 5.02 Å². The lowest BCUT2D eigenvalue weighted by Gasteiger charge is -2.24. The lowest BCUT2D eigenvalue weighted by atomic mass is 9.91. The van der Waals surface area contributed by atoms with Gasteiger partial charge in [0.1, 0.15) is 0 Å². The fourth-order valence-corrected chi connectivity index (χ4v) is 2.84. The van der Waals surface area contributed by atoms with Crippen LogP contribution in [0.3, 0.4) is 0 Å². The summed E-state index contributed by atoms with van der Waals surface area (Å²) in [5, 5.41) is 3.57. The van der Waals surface area contributed by atoms with Crippen molar-refractivity contribution in [2.45, 2.75) is 31.7 Å². The van der Waals surface area contributed by atoms with Crippen LogP contribution in [0.15, 0.2) is 12.1 Å². The number of hydrogen-bond donors (Lipinski definition) is 1. The van der Waals surface area contributed by atoms with E-state index in [1.54, 1.807) is 0 Å². The maximum atomic E-state index is 11.3. The first kappa shape index (κ1) is 11.7.